The van der Waals surface area contributed by atoms with E-state index in [1.807, 2.05) is 24.5 Å². The van der Waals surface area contributed by atoms with Gasteiger partial charge in [0.15, 0.2) is 5.82 Å². The van der Waals surface area contributed by atoms with Gasteiger partial charge in [0.2, 0.25) is 0 Å². The summed E-state index contributed by atoms with van der Waals surface area (Å²) in [6, 6.07) is 7.23. The van der Waals surface area contributed by atoms with E-state index >= 15 is 0 Å². The Kier molecular flexibility index (Phi) is 4.00. The van der Waals surface area contributed by atoms with E-state index in [1.165, 1.54) is 0 Å². The maximum atomic E-state index is 11.7. The minimum atomic E-state index is 0.0607. The summed E-state index contributed by atoms with van der Waals surface area (Å²) in [6.45, 7) is 5.38. The molecule has 7 heteroatoms. The van der Waals surface area contributed by atoms with Crippen LogP contribution in [-0.2, 0) is 6.54 Å². The fourth-order valence-electron chi connectivity index (χ4n) is 3.16. The van der Waals surface area contributed by atoms with Crippen molar-refractivity contribution in [2.45, 2.75) is 6.54 Å². The number of nitrogens with one attached hydrogen (secondary N) is 1. The quantitative estimate of drug-likeness (QED) is 0.773. The summed E-state index contributed by atoms with van der Waals surface area (Å²) in [4.78, 5) is 28.5. The zero-order chi connectivity index (χ0) is 16.4. The van der Waals surface area contributed by atoms with Crippen LogP contribution in [0.1, 0.15) is 0 Å². The Hall–Kier alpha value is -2.67. The smallest absolute Gasteiger partial charge is 0.250 e. The number of H-pyrrole nitrogens is 1. The van der Waals surface area contributed by atoms with E-state index in [4.69, 9.17) is 0 Å². The second kappa shape index (κ2) is 6.45. The average Bonchev–Trinajstić information content (AvgIpc) is 3.10. The molecule has 0 unspecified atom stereocenters. The summed E-state index contributed by atoms with van der Waals surface area (Å²) in [6.07, 6.45) is 5.38. The van der Waals surface area contributed by atoms with Crippen LogP contribution in [0.3, 0.4) is 0 Å². The van der Waals surface area contributed by atoms with E-state index in [1.54, 1.807) is 23.0 Å². The first-order valence-corrected chi connectivity index (χ1v) is 8.22. The van der Waals surface area contributed by atoms with Crippen LogP contribution in [0.15, 0.2) is 47.8 Å². The Labute approximate surface area is 139 Å². The fourth-order valence-corrected chi connectivity index (χ4v) is 3.16. The van der Waals surface area contributed by atoms with Gasteiger partial charge in [-0.2, -0.15) is 0 Å². The first-order chi connectivity index (χ1) is 11.8. The predicted octanol–water partition coefficient (Wildman–Crippen LogP) is 0.942. The minimum Gasteiger partial charge on any atom is -0.352 e. The van der Waals surface area contributed by atoms with E-state index in [9.17, 15) is 4.79 Å². The van der Waals surface area contributed by atoms with Crippen molar-refractivity contribution in [2.75, 3.05) is 37.6 Å². The Balaban J connectivity index is 1.38. The molecule has 0 saturated carbocycles. The van der Waals surface area contributed by atoms with Crippen LogP contribution in [0, 0.1) is 0 Å². The van der Waals surface area contributed by atoms with Crippen molar-refractivity contribution in [3.63, 3.8) is 0 Å². The largest absolute Gasteiger partial charge is 0.352 e. The molecule has 4 rings (SSSR count). The summed E-state index contributed by atoms with van der Waals surface area (Å²) in [5.41, 5.74) is 2.01. The van der Waals surface area contributed by atoms with Crippen LogP contribution in [0.4, 0.5) is 5.82 Å². The maximum Gasteiger partial charge on any atom is 0.250 e. The number of aromatic nitrogens is 4. The third-order valence-electron chi connectivity index (χ3n) is 4.55. The molecule has 3 aromatic rings. The van der Waals surface area contributed by atoms with Gasteiger partial charge in [0.05, 0.1) is 11.8 Å². The van der Waals surface area contributed by atoms with E-state index in [0.717, 1.165) is 56.1 Å². The molecule has 1 aliphatic rings. The monoisotopic (exact) mass is 324 g/mol. The van der Waals surface area contributed by atoms with Crippen LogP contribution in [0.25, 0.3) is 11.0 Å². The normalized spacial score (nSPS) is 15.9. The molecule has 0 radical (unpaired) electrons. The number of imidazole rings is 1. The average molecular weight is 324 g/mol. The Morgan fingerprint density at radius 3 is 2.75 bits per heavy atom. The highest BCUT2D eigenvalue weighted by Gasteiger charge is 2.20. The molecular weight excluding hydrogens is 304 g/mol. The van der Waals surface area contributed by atoms with Crippen molar-refractivity contribution < 1.29 is 0 Å². The summed E-state index contributed by atoms with van der Waals surface area (Å²) >= 11 is 0. The van der Waals surface area contributed by atoms with Crippen molar-refractivity contribution in [2.24, 2.45) is 0 Å². The molecule has 124 valence electrons. The Bertz CT molecular complexity index is 878. The summed E-state index contributed by atoms with van der Waals surface area (Å²) in [7, 11) is 0. The van der Waals surface area contributed by atoms with Crippen molar-refractivity contribution in [3.05, 3.63) is 53.3 Å². The zero-order valence-electron chi connectivity index (χ0n) is 13.4. The van der Waals surface area contributed by atoms with Gasteiger partial charge in [-0.15, -0.1) is 0 Å². The number of anilines is 1. The van der Waals surface area contributed by atoms with Gasteiger partial charge in [0.1, 0.15) is 5.52 Å². The standard InChI is InChI=1S/C17H20N6O/c24-15-3-1-2-6-22(15)10-7-21-8-11-23(12-9-21)17-16-14(4-5-18-17)19-13-20-16/h1-6,13H,7-12H2,(H,19,20). The fraction of sp³-hybridized carbons (Fsp3) is 0.353. The van der Waals surface area contributed by atoms with Gasteiger partial charge in [-0.05, 0) is 12.1 Å². The van der Waals surface area contributed by atoms with Gasteiger partial charge >= 0.3 is 0 Å². The predicted molar refractivity (Wildman–Crippen MR) is 93.2 cm³/mol. The number of fused-ring (bicyclic) bond motifs is 1. The molecule has 1 saturated heterocycles. The van der Waals surface area contributed by atoms with Crippen LogP contribution >= 0.6 is 0 Å². The second-order valence-corrected chi connectivity index (χ2v) is 5.99. The molecule has 0 bridgehead atoms. The summed E-state index contributed by atoms with van der Waals surface area (Å²) in [5.74, 6) is 0.952. The molecule has 1 N–H and O–H groups in total. The van der Waals surface area contributed by atoms with Crippen LogP contribution in [-0.4, -0.2) is 57.1 Å². The van der Waals surface area contributed by atoms with Crippen molar-refractivity contribution in [1.29, 1.82) is 0 Å². The highest BCUT2D eigenvalue weighted by Crippen LogP contribution is 2.22. The molecule has 0 amide bonds. The van der Waals surface area contributed by atoms with Gasteiger partial charge in [-0.1, -0.05) is 6.07 Å². The second-order valence-electron chi connectivity index (χ2n) is 5.99. The molecule has 7 nitrogen and oxygen atoms in total. The van der Waals surface area contributed by atoms with Crippen molar-refractivity contribution in [1.82, 2.24) is 24.4 Å². The van der Waals surface area contributed by atoms with Gasteiger partial charge in [0.25, 0.3) is 5.56 Å². The van der Waals surface area contributed by atoms with Gasteiger partial charge in [-0.25, -0.2) is 9.97 Å². The molecule has 1 aliphatic heterocycles. The lowest BCUT2D eigenvalue weighted by Gasteiger charge is -2.35. The number of hydrogen-bond donors (Lipinski definition) is 1. The number of nitrogens with zero attached hydrogens (tertiary/aromatic N) is 5. The zero-order valence-corrected chi connectivity index (χ0v) is 13.4. The number of piperazine rings is 1. The Morgan fingerprint density at radius 2 is 1.92 bits per heavy atom. The molecule has 0 aromatic carbocycles. The van der Waals surface area contributed by atoms with E-state index in [0.29, 0.717) is 0 Å². The van der Waals surface area contributed by atoms with Crippen LogP contribution in [0.5, 0.6) is 0 Å². The molecule has 1 fully saturated rings. The highest BCUT2D eigenvalue weighted by atomic mass is 16.1. The van der Waals surface area contributed by atoms with Crippen molar-refractivity contribution >= 4 is 16.9 Å². The lowest BCUT2D eigenvalue weighted by molar-refractivity contribution is 0.247. The molecule has 3 aromatic heterocycles. The molecular formula is C17H20N6O. The molecule has 4 heterocycles. The SMILES string of the molecule is O=c1ccccn1CCN1CCN(c2nccc3[nH]cnc23)CC1. The summed E-state index contributed by atoms with van der Waals surface area (Å²) in [5, 5.41) is 0. The van der Waals surface area contributed by atoms with Gasteiger partial charge in [-0.3, -0.25) is 9.69 Å². The van der Waals surface area contributed by atoms with Crippen LogP contribution < -0.4 is 10.5 Å². The number of pyridine rings is 2. The molecule has 24 heavy (non-hydrogen) atoms. The lowest BCUT2D eigenvalue weighted by Crippen LogP contribution is -2.47. The first-order valence-electron chi connectivity index (χ1n) is 8.22. The van der Waals surface area contributed by atoms with E-state index in [2.05, 4.69) is 24.8 Å². The van der Waals surface area contributed by atoms with Crippen molar-refractivity contribution in [3.8, 4) is 0 Å². The third-order valence-corrected chi connectivity index (χ3v) is 4.55. The number of rotatable bonds is 4. The molecule has 0 spiro atoms. The third kappa shape index (κ3) is 2.90. The minimum absolute atomic E-state index is 0.0607. The van der Waals surface area contributed by atoms with Gasteiger partial charge < -0.3 is 14.5 Å². The van der Waals surface area contributed by atoms with Gasteiger partial charge in [0, 0.05) is 57.7 Å². The van der Waals surface area contributed by atoms with E-state index < -0.39 is 0 Å². The number of aromatic amines is 1. The molecule has 0 aliphatic carbocycles. The maximum absolute atomic E-state index is 11.7. The van der Waals surface area contributed by atoms with Crippen LogP contribution in [0.2, 0.25) is 0 Å². The van der Waals surface area contributed by atoms with E-state index in [-0.39, 0.29) is 5.56 Å². The summed E-state index contributed by atoms with van der Waals surface area (Å²) < 4.78 is 1.76. The Morgan fingerprint density at radius 1 is 1.04 bits per heavy atom. The molecule has 0 atom stereocenters. The lowest BCUT2D eigenvalue weighted by atomic mass is 10.3. The first kappa shape index (κ1) is 14.9. The topological polar surface area (TPSA) is 70.1 Å². The number of hydrogen-bond acceptors (Lipinski definition) is 5. The highest BCUT2D eigenvalue weighted by molar-refractivity contribution is 5.85.